The molecule has 0 bridgehead atoms. The number of hydrazine groups is 1. The van der Waals surface area contributed by atoms with Gasteiger partial charge >= 0.3 is 0 Å². The number of hydrogen-bond donors (Lipinski definition) is 1. The minimum Gasteiger partial charge on any atom is -0.252 e. The van der Waals surface area contributed by atoms with Gasteiger partial charge in [0.05, 0.1) is 0 Å². The quantitative estimate of drug-likeness (QED) is 0.730. The fourth-order valence-electron chi connectivity index (χ4n) is 2.83. The van der Waals surface area contributed by atoms with Gasteiger partial charge in [0.1, 0.15) is 0 Å². The van der Waals surface area contributed by atoms with Gasteiger partial charge in [-0.3, -0.25) is 5.43 Å². The van der Waals surface area contributed by atoms with Crippen molar-refractivity contribution in [3.63, 3.8) is 0 Å². The molecule has 0 amide bonds. The fourth-order valence-corrected chi connectivity index (χ4v) is 2.83. The Labute approximate surface area is 88.0 Å². The normalized spacial score (nSPS) is 35.8. The molecule has 2 fully saturated rings. The molecule has 1 heterocycles. The van der Waals surface area contributed by atoms with Crippen molar-refractivity contribution in [2.24, 2.45) is 5.92 Å². The lowest BCUT2D eigenvalue weighted by molar-refractivity contribution is 0.105. The minimum absolute atomic E-state index is 0.775. The second-order valence-corrected chi connectivity index (χ2v) is 5.15. The highest BCUT2D eigenvalue weighted by Crippen LogP contribution is 2.24. The summed E-state index contributed by atoms with van der Waals surface area (Å²) in [5, 5.41) is 2.46. The molecular weight excluding hydrogens is 172 g/mol. The van der Waals surface area contributed by atoms with Crippen LogP contribution in [0.15, 0.2) is 0 Å². The summed E-state index contributed by atoms with van der Waals surface area (Å²) >= 11 is 0. The lowest BCUT2D eigenvalue weighted by Gasteiger charge is -2.35. The van der Waals surface area contributed by atoms with Gasteiger partial charge in [0.2, 0.25) is 0 Å². The van der Waals surface area contributed by atoms with Crippen LogP contribution in [0.4, 0.5) is 0 Å². The summed E-state index contributed by atoms with van der Waals surface area (Å²) in [6.45, 7) is 4.93. The highest BCUT2D eigenvalue weighted by molar-refractivity contribution is 4.75. The van der Waals surface area contributed by atoms with E-state index in [4.69, 9.17) is 0 Å². The van der Waals surface area contributed by atoms with Gasteiger partial charge in [-0.25, -0.2) is 5.01 Å². The molecule has 1 saturated carbocycles. The SMILES string of the molecule is CC1CCCC(NN2CCCCC2)C1. The second-order valence-electron chi connectivity index (χ2n) is 5.15. The Bertz CT molecular complexity index is 164. The molecule has 0 spiro atoms. The summed E-state index contributed by atoms with van der Waals surface area (Å²) in [4.78, 5) is 0. The highest BCUT2D eigenvalue weighted by atomic mass is 15.5. The number of nitrogens with one attached hydrogen (secondary N) is 1. The average Bonchev–Trinajstić information content (AvgIpc) is 2.19. The van der Waals surface area contributed by atoms with E-state index in [0.717, 1.165) is 12.0 Å². The molecule has 0 aromatic heterocycles. The van der Waals surface area contributed by atoms with Crippen LogP contribution < -0.4 is 5.43 Å². The van der Waals surface area contributed by atoms with Crippen molar-refractivity contribution >= 4 is 0 Å². The molecule has 0 aromatic carbocycles. The third kappa shape index (κ3) is 2.96. The van der Waals surface area contributed by atoms with Gasteiger partial charge in [0, 0.05) is 19.1 Å². The number of hydrogen-bond acceptors (Lipinski definition) is 2. The molecule has 82 valence electrons. The van der Waals surface area contributed by atoms with Crippen LogP contribution in [0.5, 0.6) is 0 Å². The molecular formula is C12H24N2. The van der Waals surface area contributed by atoms with Crippen LogP contribution in [0.3, 0.4) is 0 Å². The first-order chi connectivity index (χ1) is 6.84. The molecule has 2 unspecified atom stereocenters. The first kappa shape index (κ1) is 10.4. The van der Waals surface area contributed by atoms with E-state index in [0.29, 0.717) is 0 Å². The lowest BCUT2D eigenvalue weighted by Crippen LogP contribution is -2.48. The Balaban J connectivity index is 1.72. The van der Waals surface area contributed by atoms with Crippen molar-refractivity contribution in [1.82, 2.24) is 10.4 Å². The smallest absolute Gasteiger partial charge is 0.0217 e. The third-order valence-electron chi connectivity index (χ3n) is 3.66. The van der Waals surface area contributed by atoms with Crippen molar-refractivity contribution in [2.75, 3.05) is 13.1 Å². The monoisotopic (exact) mass is 196 g/mol. The average molecular weight is 196 g/mol. The summed E-state index contributed by atoms with van der Waals surface area (Å²) < 4.78 is 0. The van der Waals surface area contributed by atoms with Gasteiger partial charge in [-0.2, -0.15) is 0 Å². The maximum absolute atomic E-state index is 3.72. The number of rotatable bonds is 2. The van der Waals surface area contributed by atoms with Crippen molar-refractivity contribution in [1.29, 1.82) is 0 Å². The molecule has 1 saturated heterocycles. The van der Waals surface area contributed by atoms with Crippen LogP contribution in [-0.2, 0) is 0 Å². The van der Waals surface area contributed by atoms with E-state index in [1.165, 1.54) is 58.0 Å². The molecule has 1 aliphatic heterocycles. The predicted molar refractivity (Wildman–Crippen MR) is 60.0 cm³/mol. The summed E-state index contributed by atoms with van der Waals surface area (Å²) in [5.74, 6) is 0.936. The summed E-state index contributed by atoms with van der Waals surface area (Å²) in [6, 6.07) is 0.775. The Morgan fingerprint density at radius 1 is 1.00 bits per heavy atom. The van der Waals surface area contributed by atoms with Crippen LogP contribution in [0.2, 0.25) is 0 Å². The fraction of sp³-hybridized carbons (Fsp3) is 1.00. The zero-order valence-electron chi connectivity index (χ0n) is 9.47. The van der Waals surface area contributed by atoms with Gasteiger partial charge < -0.3 is 0 Å². The van der Waals surface area contributed by atoms with Gasteiger partial charge in [-0.15, -0.1) is 0 Å². The van der Waals surface area contributed by atoms with Crippen LogP contribution in [0.1, 0.15) is 51.9 Å². The van der Waals surface area contributed by atoms with Crippen molar-refractivity contribution < 1.29 is 0 Å². The number of piperidine rings is 1. The molecule has 2 aliphatic rings. The molecule has 1 aliphatic carbocycles. The maximum Gasteiger partial charge on any atom is 0.0217 e. The first-order valence-corrected chi connectivity index (χ1v) is 6.36. The van der Waals surface area contributed by atoms with Crippen LogP contribution in [0, 0.1) is 5.92 Å². The largest absolute Gasteiger partial charge is 0.252 e. The standard InChI is InChI=1S/C12H24N2/c1-11-6-5-7-12(10-11)13-14-8-3-2-4-9-14/h11-13H,2-10H2,1H3. The van der Waals surface area contributed by atoms with E-state index < -0.39 is 0 Å². The van der Waals surface area contributed by atoms with E-state index in [-0.39, 0.29) is 0 Å². The Hall–Kier alpha value is -0.0800. The van der Waals surface area contributed by atoms with Crippen LogP contribution >= 0.6 is 0 Å². The second kappa shape index (κ2) is 5.13. The summed E-state index contributed by atoms with van der Waals surface area (Å²) in [6.07, 6.45) is 9.84. The van der Waals surface area contributed by atoms with Gasteiger partial charge in [-0.05, 0) is 31.6 Å². The van der Waals surface area contributed by atoms with Gasteiger partial charge in [-0.1, -0.05) is 26.2 Å². The maximum atomic E-state index is 3.72. The highest BCUT2D eigenvalue weighted by Gasteiger charge is 2.21. The number of nitrogens with zero attached hydrogens (tertiary/aromatic N) is 1. The van der Waals surface area contributed by atoms with E-state index in [2.05, 4.69) is 17.4 Å². The first-order valence-electron chi connectivity index (χ1n) is 6.36. The Morgan fingerprint density at radius 2 is 1.79 bits per heavy atom. The predicted octanol–water partition coefficient (Wildman–Crippen LogP) is 2.56. The van der Waals surface area contributed by atoms with Crippen molar-refractivity contribution in [3.8, 4) is 0 Å². The van der Waals surface area contributed by atoms with E-state index in [9.17, 15) is 0 Å². The molecule has 0 aromatic rings. The van der Waals surface area contributed by atoms with Gasteiger partial charge in [0.15, 0.2) is 0 Å². The minimum atomic E-state index is 0.775. The molecule has 2 atom stereocenters. The Morgan fingerprint density at radius 3 is 2.50 bits per heavy atom. The molecule has 2 rings (SSSR count). The Kier molecular flexibility index (Phi) is 3.82. The molecule has 0 radical (unpaired) electrons. The van der Waals surface area contributed by atoms with Crippen LogP contribution in [-0.4, -0.2) is 24.1 Å². The van der Waals surface area contributed by atoms with E-state index >= 15 is 0 Å². The van der Waals surface area contributed by atoms with Crippen LogP contribution in [0.25, 0.3) is 0 Å². The van der Waals surface area contributed by atoms with Crippen molar-refractivity contribution in [3.05, 3.63) is 0 Å². The summed E-state index contributed by atoms with van der Waals surface area (Å²) in [7, 11) is 0. The molecule has 1 N–H and O–H groups in total. The van der Waals surface area contributed by atoms with E-state index in [1.54, 1.807) is 0 Å². The zero-order valence-corrected chi connectivity index (χ0v) is 9.47. The topological polar surface area (TPSA) is 15.3 Å². The molecule has 2 heteroatoms. The van der Waals surface area contributed by atoms with Crippen molar-refractivity contribution in [2.45, 2.75) is 57.9 Å². The molecule has 14 heavy (non-hydrogen) atoms. The lowest BCUT2D eigenvalue weighted by atomic mass is 9.87. The van der Waals surface area contributed by atoms with Gasteiger partial charge in [0.25, 0.3) is 0 Å². The van der Waals surface area contributed by atoms with E-state index in [1.807, 2.05) is 0 Å². The summed E-state index contributed by atoms with van der Waals surface area (Å²) in [5.41, 5.74) is 3.72. The third-order valence-corrected chi connectivity index (χ3v) is 3.66. The zero-order chi connectivity index (χ0) is 9.80. The molecule has 2 nitrogen and oxygen atoms in total.